The Labute approximate surface area is 77.6 Å². The van der Waals surface area contributed by atoms with Gasteiger partial charge in [-0.2, -0.15) is 0 Å². The van der Waals surface area contributed by atoms with Crippen LogP contribution < -0.4 is 0 Å². The third-order valence-corrected chi connectivity index (χ3v) is 2.75. The molecule has 13 heavy (non-hydrogen) atoms. The SMILES string of the molecule is Cc1nc(C=O)c(C2CCCC2)[nH]1. The van der Waals surface area contributed by atoms with E-state index in [0.717, 1.165) is 17.8 Å². The largest absolute Gasteiger partial charge is 0.345 e. The van der Waals surface area contributed by atoms with E-state index >= 15 is 0 Å². The fourth-order valence-electron chi connectivity index (χ4n) is 2.14. The predicted molar refractivity (Wildman–Crippen MR) is 49.9 cm³/mol. The molecule has 0 aliphatic heterocycles. The molecule has 0 unspecified atom stereocenters. The Bertz CT molecular complexity index is 311. The maximum Gasteiger partial charge on any atom is 0.170 e. The van der Waals surface area contributed by atoms with Crippen LogP contribution in [0, 0.1) is 6.92 Å². The zero-order chi connectivity index (χ0) is 9.26. The average molecular weight is 178 g/mol. The summed E-state index contributed by atoms with van der Waals surface area (Å²) in [4.78, 5) is 18.1. The molecule has 0 amide bonds. The molecule has 0 aromatic carbocycles. The highest BCUT2D eigenvalue weighted by Gasteiger charge is 2.22. The van der Waals surface area contributed by atoms with E-state index in [1.54, 1.807) is 0 Å². The number of nitrogens with one attached hydrogen (secondary N) is 1. The highest BCUT2D eigenvalue weighted by atomic mass is 16.1. The third-order valence-electron chi connectivity index (χ3n) is 2.75. The summed E-state index contributed by atoms with van der Waals surface area (Å²) in [7, 11) is 0. The number of nitrogens with zero attached hydrogens (tertiary/aromatic N) is 1. The lowest BCUT2D eigenvalue weighted by Gasteiger charge is -2.05. The fraction of sp³-hybridized carbons (Fsp3) is 0.600. The van der Waals surface area contributed by atoms with E-state index in [4.69, 9.17) is 0 Å². The Morgan fingerprint density at radius 2 is 2.15 bits per heavy atom. The molecule has 1 aromatic rings. The van der Waals surface area contributed by atoms with Gasteiger partial charge in [-0.1, -0.05) is 12.8 Å². The normalized spacial score (nSPS) is 17.9. The van der Waals surface area contributed by atoms with Gasteiger partial charge in [0.05, 0.1) is 0 Å². The number of hydrogen-bond donors (Lipinski definition) is 1. The van der Waals surface area contributed by atoms with E-state index in [0.29, 0.717) is 11.6 Å². The summed E-state index contributed by atoms with van der Waals surface area (Å²) in [6.07, 6.45) is 5.81. The lowest BCUT2D eigenvalue weighted by molar-refractivity contribution is 0.111. The predicted octanol–water partition coefficient (Wildman–Crippen LogP) is 2.19. The van der Waals surface area contributed by atoms with Crippen molar-refractivity contribution in [3.63, 3.8) is 0 Å². The van der Waals surface area contributed by atoms with Crippen molar-refractivity contribution < 1.29 is 4.79 Å². The number of carbonyl (C=O) groups excluding carboxylic acids is 1. The molecular weight excluding hydrogens is 164 g/mol. The Hall–Kier alpha value is -1.12. The molecule has 2 rings (SSSR count). The Morgan fingerprint density at radius 1 is 1.46 bits per heavy atom. The molecule has 70 valence electrons. The number of aldehydes is 1. The van der Waals surface area contributed by atoms with Crippen molar-refractivity contribution in [3.8, 4) is 0 Å². The van der Waals surface area contributed by atoms with Crippen LogP contribution in [0.15, 0.2) is 0 Å². The maximum absolute atomic E-state index is 10.7. The van der Waals surface area contributed by atoms with Crippen LogP contribution in [0.25, 0.3) is 0 Å². The molecule has 3 heteroatoms. The maximum atomic E-state index is 10.7. The second-order valence-corrected chi connectivity index (χ2v) is 3.72. The first-order valence-corrected chi connectivity index (χ1v) is 4.83. The molecule has 1 heterocycles. The molecule has 0 atom stereocenters. The zero-order valence-electron chi connectivity index (χ0n) is 7.84. The monoisotopic (exact) mass is 178 g/mol. The summed E-state index contributed by atoms with van der Waals surface area (Å²) < 4.78 is 0. The van der Waals surface area contributed by atoms with Gasteiger partial charge < -0.3 is 4.98 Å². The lowest BCUT2D eigenvalue weighted by atomic mass is 10.0. The van der Waals surface area contributed by atoms with Crippen LogP contribution in [-0.4, -0.2) is 16.3 Å². The second-order valence-electron chi connectivity index (χ2n) is 3.72. The molecule has 1 fully saturated rings. The van der Waals surface area contributed by atoms with Crippen molar-refractivity contribution in [3.05, 3.63) is 17.2 Å². The van der Waals surface area contributed by atoms with Gasteiger partial charge in [-0.05, 0) is 19.8 Å². The van der Waals surface area contributed by atoms with Gasteiger partial charge in [-0.3, -0.25) is 4.79 Å². The number of imidazole rings is 1. The van der Waals surface area contributed by atoms with Gasteiger partial charge in [0.15, 0.2) is 6.29 Å². The Kier molecular flexibility index (Phi) is 2.17. The average Bonchev–Trinajstić information content (AvgIpc) is 2.71. The van der Waals surface area contributed by atoms with Crippen LogP contribution in [0.2, 0.25) is 0 Å². The van der Waals surface area contributed by atoms with Crippen LogP contribution in [0.5, 0.6) is 0 Å². The van der Waals surface area contributed by atoms with Gasteiger partial charge in [0, 0.05) is 11.6 Å². The van der Waals surface area contributed by atoms with Gasteiger partial charge in [-0.15, -0.1) is 0 Å². The van der Waals surface area contributed by atoms with Crippen LogP contribution in [0.1, 0.15) is 53.6 Å². The molecule has 1 saturated carbocycles. The molecule has 0 saturated heterocycles. The van der Waals surface area contributed by atoms with E-state index in [1.807, 2.05) is 6.92 Å². The fourth-order valence-corrected chi connectivity index (χ4v) is 2.14. The minimum Gasteiger partial charge on any atom is -0.345 e. The first kappa shape index (κ1) is 8.48. The molecule has 0 radical (unpaired) electrons. The number of aromatic nitrogens is 2. The smallest absolute Gasteiger partial charge is 0.170 e. The highest BCUT2D eigenvalue weighted by molar-refractivity contribution is 5.74. The van der Waals surface area contributed by atoms with Crippen LogP contribution in [-0.2, 0) is 0 Å². The summed E-state index contributed by atoms with van der Waals surface area (Å²) in [5, 5.41) is 0. The summed E-state index contributed by atoms with van der Waals surface area (Å²) >= 11 is 0. The third kappa shape index (κ3) is 1.50. The van der Waals surface area contributed by atoms with Crippen LogP contribution in [0.3, 0.4) is 0 Å². The lowest BCUT2D eigenvalue weighted by Crippen LogP contribution is -1.97. The Balaban J connectivity index is 2.31. The topological polar surface area (TPSA) is 45.8 Å². The summed E-state index contributed by atoms with van der Waals surface area (Å²) in [5.41, 5.74) is 1.68. The van der Waals surface area contributed by atoms with E-state index in [-0.39, 0.29) is 0 Å². The number of hydrogen-bond acceptors (Lipinski definition) is 2. The van der Waals surface area contributed by atoms with Gasteiger partial charge >= 0.3 is 0 Å². The van der Waals surface area contributed by atoms with Gasteiger partial charge in [0.2, 0.25) is 0 Å². The Morgan fingerprint density at radius 3 is 2.77 bits per heavy atom. The minimum absolute atomic E-state index is 0.543. The highest BCUT2D eigenvalue weighted by Crippen LogP contribution is 2.34. The molecule has 1 aliphatic rings. The molecule has 3 nitrogen and oxygen atoms in total. The number of rotatable bonds is 2. The number of aromatic amines is 1. The van der Waals surface area contributed by atoms with Crippen molar-refractivity contribution in [1.82, 2.24) is 9.97 Å². The quantitative estimate of drug-likeness (QED) is 0.705. The summed E-state index contributed by atoms with van der Waals surface area (Å²) in [6.45, 7) is 1.89. The van der Waals surface area contributed by atoms with Crippen molar-refractivity contribution >= 4 is 6.29 Å². The van der Waals surface area contributed by atoms with Gasteiger partial charge in [0.1, 0.15) is 11.5 Å². The zero-order valence-corrected chi connectivity index (χ0v) is 7.84. The van der Waals surface area contributed by atoms with Crippen molar-refractivity contribution in [1.29, 1.82) is 0 Å². The number of aryl methyl sites for hydroxylation is 1. The van der Waals surface area contributed by atoms with Crippen LogP contribution >= 0.6 is 0 Å². The number of carbonyl (C=O) groups is 1. The van der Waals surface area contributed by atoms with Crippen molar-refractivity contribution in [2.75, 3.05) is 0 Å². The first-order valence-electron chi connectivity index (χ1n) is 4.83. The summed E-state index contributed by atoms with van der Waals surface area (Å²) in [5.74, 6) is 1.39. The van der Waals surface area contributed by atoms with Gasteiger partial charge in [0.25, 0.3) is 0 Å². The summed E-state index contributed by atoms with van der Waals surface area (Å²) in [6, 6.07) is 0. The molecular formula is C10H14N2O. The van der Waals surface area contributed by atoms with E-state index < -0.39 is 0 Å². The van der Waals surface area contributed by atoms with Crippen LogP contribution in [0.4, 0.5) is 0 Å². The molecule has 0 bridgehead atoms. The van der Waals surface area contributed by atoms with Crippen molar-refractivity contribution in [2.24, 2.45) is 0 Å². The number of H-pyrrole nitrogens is 1. The van der Waals surface area contributed by atoms with E-state index in [9.17, 15) is 4.79 Å². The van der Waals surface area contributed by atoms with Gasteiger partial charge in [-0.25, -0.2) is 4.98 Å². The minimum atomic E-state index is 0.543. The van der Waals surface area contributed by atoms with Crippen molar-refractivity contribution in [2.45, 2.75) is 38.5 Å². The van der Waals surface area contributed by atoms with E-state index in [2.05, 4.69) is 9.97 Å². The molecule has 0 spiro atoms. The second kappa shape index (κ2) is 3.32. The van der Waals surface area contributed by atoms with E-state index in [1.165, 1.54) is 25.7 Å². The standard InChI is InChI=1S/C10H14N2O/c1-7-11-9(6-13)10(12-7)8-4-2-3-5-8/h6,8H,2-5H2,1H3,(H,11,12). The molecule has 1 aliphatic carbocycles. The molecule has 1 N–H and O–H groups in total. The molecule has 1 aromatic heterocycles. The first-order chi connectivity index (χ1) is 6.31.